The summed E-state index contributed by atoms with van der Waals surface area (Å²) in [5.41, 5.74) is 1.29. The Morgan fingerprint density at radius 1 is 1.16 bits per heavy atom. The molecule has 7 nitrogen and oxygen atoms in total. The molecule has 1 aliphatic carbocycles. The molecule has 9 heteroatoms. The molecule has 2 atom stereocenters. The Balaban J connectivity index is 0.00000272. The first-order valence-corrected chi connectivity index (χ1v) is 11.4. The van der Waals surface area contributed by atoms with Crippen molar-refractivity contribution in [3.05, 3.63) is 34.9 Å². The number of nitrogens with one attached hydrogen (secondary N) is 1. The molecule has 0 bridgehead atoms. The van der Waals surface area contributed by atoms with Crippen LogP contribution in [0.25, 0.3) is 0 Å². The number of halogens is 2. The van der Waals surface area contributed by atoms with Gasteiger partial charge in [0.2, 0.25) is 5.91 Å². The molecule has 2 heterocycles. The SMILES string of the molecule is CCN=C(NC1CC1c1cccc(Cl)c1)N1CCN(CC(=O)N2CCOCC2)CC1.I. The maximum Gasteiger partial charge on any atom is 0.236 e. The lowest BCUT2D eigenvalue weighted by molar-refractivity contribution is -0.136. The van der Waals surface area contributed by atoms with Crippen LogP contribution in [0.2, 0.25) is 5.02 Å². The standard InChI is InChI=1S/C22H32ClN5O2.HI/c1-2-24-22(25-20-15-19(20)17-4-3-5-18(23)14-17)28-8-6-26(7-9-28)16-21(29)27-10-12-30-13-11-27;/h3-5,14,19-20H,2,6-13,15-16H2,1H3,(H,24,25);1H. The van der Waals surface area contributed by atoms with E-state index in [4.69, 9.17) is 21.3 Å². The lowest BCUT2D eigenvalue weighted by Gasteiger charge is -2.37. The van der Waals surface area contributed by atoms with E-state index in [1.807, 2.05) is 17.0 Å². The largest absolute Gasteiger partial charge is 0.378 e. The molecular formula is C22H33ClIN5O2. The number of morpholine rings is 1. The highest BCUT2D eigenvalue weighted by atomic mass is 127. The Kier molecular flexibility index (Phi) is 9.24. The molecule has 1 aromatic rings. The smallest absolute Gasteiger partial charge is 0.236 e. The summed E-state index contributed by atoms with van der Waals surface area (Å²) < 4.78 is 5.34. The molecule has 1 aromatic carbocycles. The lowest BCUT2D eigenvalue weighted by atomic mass is 10.1. The number of nitrogens with zero attached hydrogens (tertiary/aromatic N) is 4. The maximum atomic E-state index is 12.5. The molecule has 3 aliphatic rings. The van der Waals surface area contributed by atoms with Crippen LogP contribution >= 0.6 is 35.6 Å². The molecule has 1 saturated carbocycles. The van der Waals surface area contributed by atoms with E-state index in [2.05, 4.69) is 34.2 Å². The molecule has 0 aromatic heterocycles. The molecule has 172 valence electrons. The number of benzene rings is 1. The third-order valence-electron chi connectivity index (χ3n) is 6.08. The Labute approximate surface area is 207 Å². The van der Waals surface area contributed by atoms with Gasteiger partial charge in [0.05, 0.1) is 19.8 Å². The van der Waals surface area contributed by atoms with Gasteiger partial charge in [-0.05, 0) is 31.0 Å². The van der Waals surface area contributed by atoms with Crippen LogP contribution in [0.15, 0.2) is 29.3 Å². The molecular weight excluding hydrogens is 529 g/mol. The zero-order valence-electron chi connectivity index (χ0n) is 18.1. The molecule has 1 amide bonds. The summed E-state index contributed by atoms with van der Waals surface area (Å²) in [6, 6.07) is 8.57. The highest BCUT2D eigenvalue weighted by molar-refractivity contribution is 14.0. The van der Waals surface area contributed by atoms with E-state index in [0.29, 0.717) is 44.8 Å². The van der Waals surface area contributed by atoms with Crippen LogP contribution in [0.4, 0.5) is 0 Å². The predicted octanol–water partition coefficient (Wildman–Crippen LogP) is 2.26. The van der Waals surface area contributed by atoms with Gasteiger partial charge in [0.1, 0.15) is 0 Å². The molecule has 2 saturated heterocycles. The van der Waals surface area contributed by atoms with Crippen LogP contribution in [0, 0.1) is 0 Å². The van der Waals surface area contributed by atoms with Crippen LogP contribution in [0.1, 0.15) is 24.8 Å². The van der Waals surface area contributed by atoms with Gasteiger partial charge < -0.3 is 19.9 Å². The summed E-state index contributed by atoms with van der Waals surface area (Å²) in [6.45, 7) is 9.59. The first-order valence-electron chi connectivity index (χ1n) is 11.0. The topological polar surface area (TPSA) is 60.4 Å². The Bertz CT molecular complexity index is 766. The number of rotatable bonds is 5. The first-order chi connectivity index (χ1) is 14.6. The fourth-order valence-corrected chi connectivity index (χ4v) is 4.43. The molecule has 2 aliphatic heterocycles. The van der Waals surface area contributed by atoms with Crippen LogP contribution < -0.4 is 5.32 Å². The summed E-state index contributed by atoms with van der Waals surface area (Å²) in [6.07, 6.45) is 1.11. The van der Waals surface area contributed by atoms with E-state index in [1.165, 1.54) is 5.56 Å². The summed E-state index contributed by atoms with van der Waals surface area (Å²) in [7, 11) is 0. The number of carbonyl (C=O) groups is 1. The summed E-state index contributed by atoms with van der Waals surface area (Å²) in [5, 5.41) is 4.46. The van der Waals surface area contributed by atoms with Crippen molar-refractivity contribution in [2.75, 3.05) is 65.6 Å². The predicted molar refractivity (Wildman–Crippen MR) is 135 cm³/mol. The highest BCUT2D eigenvalue weighted by Gasteiger charge is 2.40. The molecule has 1 N–H and O–H groups in total. The van der Waals surface area contributed by atoms with Crippen molar-refractivity contribution >= 4 is 47.4 Å². The number of amides is 1. The third-order valence-corrected chi connectivity index (χ3v) is 6.32. The van der Waals surface area contributed by atoms with Crippen molar-refractivity contribution in [3.8, 4) is 0 Å². The molecule has 31 heavy (non-hydrogen) atoms. The number of hydrogen-bond donors (Lipinski definition) is 1. The van der Waals surface area contributed by atoms with Gasteiger partial charge in [-0.1, -0.05) is 23.7 Å². The van der Waals surface area contributed by atoms with Crippen LogP contribution in [-0.2, 0) is 9.53 Å². The maximum absolute atomic E-state index is 12.5. The Morgan fingerprint density at radius 2 is 1.90 bits per heavy atom. The average Bonchev–Trinajstić information content (AvgIpc) is 3.54. The van der Waals surface area contributed by atoms with Crippen LogP contribution in [0.5, 0.6) is 0 Å². The average molecular weight is 562 g/mol. The fourth-order valence-electron chi connectivity index (χ4n) is 4.23. The van der Waals surface area contributed by atoms with Crippen LogP contribution in [-0.4, -0.2) is 98.2 Å². The van der Waals surface area contributed by atoms with E-state index in [-0.39, 0.29) is 29.9 Å². The Hall–Kier alpha value is -1.10. The van der Waals surface area contributed by atoms with Gasteiger partial charge in [-0.2, -0.15) is 0 Å². The van der Waals surface area contributed by atoms with Gasteiger partial charge >= 0.3 is 0 Å². The first kappa shape index (κ1) is 24.5. The van der Waals surface area contributed by atoms with Crippen molar-refractivity contribution in [1.82, 2.24) is 20.0 Å². The minimum absolute atomic E-state index is 0. The number of hydrogen-bond acceptors (Lipinski definition) is 4. The minimum atomic E-state index is 0. The molecule has 2 unspecified atom stereocenters. The van der Waals surface area contributed by atoms with E-state index in [0.717, 1.165) is 50.1 Å². The van der Waals surface area contributed by atoms with Crippen molar-refractivity contribution in [1.29, 1.82) is 0 Å². The van der Waals surface area contributed by atoms with Gasteiger partial charge in [0.25, 0.3) is 0 Å². The van der Waals surface area contributed by atoms with E-state index in [9.17, 15) is 4.79 Å². The summed E-state index contributed by atoms with van der Waals surface area (Å²) in [5.74, 6) is 1.71. The number of aliphatic imine (C=N–C) groups is 1. The second-order valence-corrected chi connectivity index (χ2v) is 8.64. The second-order valence-electron chi connectivity index (χ2n) is 8.20. The normalized spacial score (nSPS) is 24.5. The van der Waals surface area contributed by atoms with Crippen LogP contribution in [0.3, 0.4) is 0 Å². The quantitative estimate of drug-likeness (QED) is 0.340. The summed E-state index contributed by atoms with van der Waals surface area (Å²) >= 11 is 6.15. The molecule has 0 spiro atoms. The van der Waals surface area contributed by atoms with Gasteiger partial charge in [0.15, 0.2) is 5.96 Å². The zero-order valence-corrected chi connectivity index (χ0v) is 21.2. The van der Waals surface area contributed by atoms with Gasteiger partial charge in [-0.3, -0.25) is 14.7 Å². The second kappa shape index (κ2) is 11.7. The van der Waals surface area contributed by atoms with Crippen molar-refractivity contribution in [2.24, 2.45) is 4.99 Å². The Morgan fingerprint density at radius 3 is 2.58 bits per heavy atom. The molecule has 4 rings (SSSR count). The van der Waals surface area contributed by atoms with Gasteiger partial charge in [-0.25, -0.2) is 0 Å². The number of piperazine rings is 1. The highest BCUT2D eigenvalue weighted by Crippen LogP contribution is 2.41. The number of carbonyl (C=O) groups excluding carboxylic acids is 1. The van der Waals surface area contributed by atoms with E-state index < -0.39 is 0 Å². The monoisotopic (exact) mass is 561 g/mol. The van der Waals surface area contributed by atoms with Gasteiger partial charge in [0, 0.05) is 62.8 Å². The summed E-state index contributed by atoms with van der Waals surface area (Å²) in [4.78, 5) is 23.7. The number of ether oxygens (including phenoxy) is 1. The van der Waals surface area contributed by atoms with Crippen molar-refractivity contribution < 1.29 is 9.53 Å². The van der Waals surface area contributed by atoms with E-state index in [1.54, 1.807) is 0 Å². The molecule has 0 radical (unpaired) electrons. The number of guanidine groups is 1. The fraction of sp³-hybridized carbons (Fsp3) is 0.636. The zero-order chi connectivity index (χ0) is 20.9. The lowest BCUT2D eigenvalue weighted by Crippen LogP contribution is -2.55. The van der Waals surface area contributed by atoms with E-state index >= 15 is 0 Å². The molecule has 3 fully saturated rings. The van der Waals surface area contributed by atoms with Crippen molar-refractivity contribution in [2.45, 2.75) is 25.3 Å². The van der Waals surface area contributed by atoms with Gasteiger partial charge in [-0.15, -0.1) is 24.0 Å². The van der Waals surface area contributed by atoms with Crippen molar-refractivity contribution in [3.63, 3.8) is 0 Å². The minimum Gasteiger partial charge on any atom is -0.378 e. The third kappa shape index (κ3) is 6.69.